The molecular weight excluding hydrogens is 148 g/mol. The molecule has 1 atom stereocenters. The summed E-state index contributed by atoms with van der Waals surface area (Å²) in [7, 11) is 0. The standard InChI is InChI=1S/C10H20N2/c11-7-10(5-6-10)9(12)8-3-1-2-4-8/h8-9H,1-7,11-12H2. The van der Waals surface area contributed by atoms with Gasteiger partial charge in [0, 0.05) is 6.04 Å². The summed E-state index contributed by atoms with van der Waals surface area (Å²) < 4.78 is 0. The highest BCUT2D eigenvalue weighted by Crippen LogP contribution is 2.51. The molecule has 2 aliphatic rings. The van der Waals surface area contributed by atoms with Crippen molar-refractivity contribution < 1.29 is 0 Å². The Balaban J connectivity index is 1.94. The third kappa shape index (κ3) is 1.27. The molecule has 2 rings (SSSR count). The normalized spacial score (nSPS) is 30.5. The molecule has 0 bridgehead atoms. The predicted molar refractivity (Wildman–Crippen MR) is 50.7 cm³/mol. The lowest BCUT2D eigenvalue weighted by atomic mass is 9.85. The maximum absolute atomic E-state index is 6.25. The van der Waals surface area contributed by atoms with E-state index in [9.17, 15) is 0 Å². The minimum absolute atomic E-state index is 0.370. The molecule has 2 aliphatic carbocycles. The van der Waals surface area contributed by atoms with Crippen LogP contribution >= 0.6 is 0 Å². The first kappa shape index (κ1) is 8.52. The molecule has 0 aromatic heterocycles. The van der Waals surface area contributed by atoms with Crippen molar-refractivity contribution in [1.82, 2.24) is 0 Å². The summed E-state index contributed by atoms with van der Waals surface area (Å²) >= 11 is 0. The maximum atomic E-state index is 6.25. The van der Waals surface area contributed by atoms with Gasteiger partial charge in [0.25, 0.3) is 0 Å². The first-order valence-corrected chi connectivity index (χ1v) is 5.24. The fourth-order valence-electron chi connectivity index (χ4n) is 2.65. The molecule has 0 aliphatic heterocycles. The molecule has 1 unspecified atom stereocenters. The van der Waals surface area contributed by atoms with E-state index in [1.807, 2.05) is 0 Å². The van der Waals surface area contributed by atoms with E-state index in [1.54, 1.807) is 0 Å². The van der Waals surface area contributed by atoms with Crippen LogP contribution in [-0.2, 0) is 0 Å². The second-order valence-electron chi connectivity index (χ2n) is 4.64. The van der Waals surface area contributed by atoms with E-state index in [1.165, 1.54) is 38.5 Å². The molecule has 0 aromatic carbocycles. The van der Waals surface area contributed by atoms with Crippen molar-refractivity contribution in [2.24, 2.45) is 22.8 Å². The molecule has 2 saturated carbocycles. The SMILES string of the molecule is NCC1(C(N)C2CCCC2)CC1. The van der Waals surface area contributed by atoms with Gasteiger partial charge in [-0.2, -0.15) is 0 Å². The summed E-state index contributed by atoms with van der Waals surface area (Å²) in [5.41, 5.74) is 12.4. The van der Waals surface area contributed by atoms with Gasteiger partial charge in [-0.05, 0) is 43.6 Å². The average Bonchev–Trinajstić information content (AvgIpc) is 2.71. The molecule has 0 heterocycles. The molecule has 4 N–H and O–H groups in total. The summed E-state index contributed by atoms with van der Waals surface area (Å²) in [4.78, 5) is 0. The Hall–Kier alpha value is -0.0800. The molecular formula is C10H20N2. The predicted octanol–water partition coefficient (Wildman–Crippen LogP) is 1.24. The Morgan fingerprint density at radius 3 is 2.25 bits per heavy atom. The smallest absolute Gasteiger partial charge is 0.0136 e. The van der Waals surface area contributed by atoms with Crippen molar-refractivity contribution in [3.8, 4) is 0 Å². The van der Waals surface area contributed by atoms with Gasteiger partial charge in [-0.25, -0.2) is 0 Å². The van der Waals surface area contributed by atoms with E-state index in [2.05, 4.69) is 0 Å². The minimum atomic E-state index is 0.370. The number of nitrogens with two attached hydrogens (primary N) is 2. The highest BCUT2D eigenvalue weighted by molar-refractivity contribution is 5.04. The van der Waals surface area contributed by atoms with Crippen LogP contribution in [0, 0.1) is 11.3 Å². The van der Waals surface area contributed by atoms with E-state index in [0.717, 1.165) is 12.5 Å². The van der Waals surface area contributed by atoms with Crippen molar-refractivity contribution in [2.45, 2.75) is 44.6 Å². The minimum Gasteiger partial charge on any atom is -0.330 e. The molecule has 70 valence electrons. The largest absolute Gasteiger partial charge is 0.330 e. The van der Waals surface area contributed by atoms with Crippen molar-refractivity contribution in [3.63, 3.8) is 0 Å². The van der Waals surface area contributed by atoms with Gasteiger partial charge >= 0.3 is 0 Å². The molecule has 2 heteroatoms. The Kier molecular flexibility index (Phi) is 2.13. The van der Waals surface area contributed by atoms with Gasteiger partial charge in [0.2, 0.25) is 0 Å². The van der Waals surface area contributed by atoms with Crippen LogP contribution in [0.4, 0.5) is 0 Å². The highest BCUT2D eigenvalue weighted by atomic mass is 14.8. The van der Waals surface area contributed by atoms with Crippen LogP contribution in [0.15, 0.2) is 0 Å². The molecule has 0 radical (unpaired) electrons. The average molecular weight is 168 g/mol. The van der Waals surface area contributed by atoms with Crippen LogP contribution in [0.3, 0.4) is 0 Å². The highest BCUT2D eigenvalue weighted by Gasteiger charge is 2.49. The fraction of sp³-hybridized carbons (Fsp3) is 1.00. The lowest BCUT2D eigenvalue weighted by molar-refractivity contribution is 0.298. The van der Waals surface area contributed by atoms with Gasteiger partial charge in [0.15, 0.2) is 0 Å². The van der Waals surface area contributed by atoms with Crippen molar-refractivity contribution >= 4 is 0 Å². The number of hydrogen-bond donors (Lipinski definition) is 2. The van der Waals surface area contributed by atoms with Gasteiger partial charge in [-0.15, -0.1) is 0 Å². The van der Waals surface area contributed by atoms with E-state index in [-0.39, 0.29) is 0 Å². The Bertz CT molecular complexity index is 157. The quantitative estimate of drug-likeness (QED) is 0.666. The molecule has 2 fully saturated rings. The zero-order chi connectivity index (χ0) is 8.60. The van der Waals surface area contributed by atoms with Crippen molar-refractivity contribution in [3.05, 3.63) is 0 Å². The number of rotatable bonds is 3. The third-order valence-electron chi connectivity index (χ3n) is 3.91. The molecule has 0 spiro atoms. The zero-order valence-corrected chi connectivity index (χ0v) is 7.76. The molecule has 0 aromatic rings. The van der Waals surface area contributed by atoms with Crippen LogP contribution in [-0.4, -0.2) is 12.6 Å². The molecule has 12 heavy (non-hydrogen) atoms. The fourth-order valence-corrected chi connectivity index (χ4v) is 2.65. The lowest BCUT2D eigenvalue weighted by Crippen LogP contribution is -2.41. The summed E-state index contributed by atoms with van der Waals surface area (Å²) in [6.07, 6.45) is 8.03. The van der Waals surface area contributed by atoms with Crippen LogP contribution in [0.2, 0.25) is 0 Å². The first-order chi connectivity index (χ1) is 5.78. The van der Waals surface area contributed by atoms with Crippen LogP contribution < -0.4 is 11.5 Å². The van der Waals surface area contributed by atoms with Gasteiger partial charge < -0.3 is 11.5 Å². The number of hydrogen-bond acceptors (Lipinski definition) is 2. The van der Waals surface area contributed by atoms with Gasteiger partial charge in [0.05, 0.1) is 0 Å². The molecule has 0 saturated heterocycles. The summed E-state index contributed by atoms with van der Waals surface area (Å²) in [5, 5.41) is 0. The second kappa shape index (κ2) is 3.00. The van der Waals surface area contributed by atoms with Gasteiger partial charge in [-0.3, -0.25) is 0 Å². The topological polar surface area (TPSA) is 52.0 Å². The van der Waals surface area contributed by atoms with E-state index >= 15 is 0 Å². The molecule has 2 nitrogen and oxygen atoms in total. The Morgan fingerprint density at radius 1 is 1.25 bits per heavy atom. The summed E-state index contributed by atoms with van der Waals surface area (Å²) in [6.45, 7) is 0.810. The van der Waals surface area contributed by atoms with Crippen molar-refractivity contribution in [1.29, 1.82) is 0 Å². The second-order valence-corrected chi connectivity index (χ2v) is 4.64. The monoisotopic (exact) mass is 168 g/mol. The first-order valence-electron chi connectivity index (χ1n) is 5.24. The Morgan fingerprint density at radius 2 is 1.83 bits per heavy atom. The Labute approximate surface area is 74.7 Å². The van der Waals surface area contributed by atoms with E-state index < -0.39 is 0 Å². The van der Waals surface area contributed by atoms with Crippen LogP contribution in [0.5, 0.6) is 0 Å². The molecule has 0 amide bonds. The van der Waals surface area contributed by atoms with Gasteiger partial charge in [-0.1, -0.05) is 12.8 Å². The summed E-state index contributed by atoms with van der Waals surface area (Å²) in [5.74, 6) is 0.788. The van der Waals surface area contributed by atoms with Crippen LogP contribution in [0.25, 0.3) is 0 Å². The van der Waals surface area contributed by atoms with Crippen LogP contribution in [0.1, 0.15) is 38.5 Å². The van der Waals surface area contributed by atoms with E-state index in [4.69, 9.17) is 11.5 Å². The summed E-state index contributed by atoms with van der Waals surface area (Å²) in [6, 6.07) is 0.407. The zero-order valence-electron chi connectivity index (χ0n) is 7.76. The third-order valence-corrected chi connectivity index (χ3v) is 3.91. The maximum Gasteiger partial charge on any atom is 0.0136 e. The van der Waals surface area contributed by atoms with Crippen molar-refractivity contribution in [2.75, 3.05) is 6.54 Å². The van der Waals surface area contributed by atoms with E-state index in [0.29, 0.717) is 11.5 Å². The van der Waals surface area contributed by atoms with Gasteiger partial charge in [0.1, 0.15) is 0 Å². The lowest BCUT2D eigenvalue weighted by Gasteiger charge is -2.27.